The Morgan fingerprint density at radius 2 is 1.87 bits per heavy atom. The summed E-state index contributed by atoms with van der Waals surface area (Å²) in [7, 11) is 0. The highest BCUT2D eigenvalue weighted by atomic mass is 19.1. The third-order valence-electron chi connectivity index (χ3n) is 4.07. The molecule has 0 bridgehead atoms. The van der Waals surface area contributed by atoms with Crippen LogP contribution in [0.15, 0.2) is 42.5 Å². The Bertz CT molecular complexity index is 701. The van der Waals surface area contributed by atoms with E-state index in [0.717, 1.165) is 24.9 Å². The summed E-state index contributed by atoms with van der Waals surface area (Å²) in [5.74, 6) is -0.358. The highest BCUT2D eigenvalue weighted by Gasteiger charge is 2.13. The lowest BCUT2D eigenvalue weighted by Crippen LogP contribution is -2.32. The number of hydrogen-bond donors (Lipinski definition) is 3. The second-order valence-electron chi connectivity index (χ2n) is 5.74. The van der Waals surface area contributed by atoms with E-state index in [4.69, 9.17) is 0 Å². The molecular formula is C18H19FN2O2. The summed E-state index contributed by atoms with van der Waals surface area (Å²) >= 11 is 0. The smallest absolute Gasteiger partial charge is 0.319 e. The maximum Gasteiger partial charge on any atom is 0.319 e. The van der Waals surface area contributed by atoms with Gasteiger partial charge in [0.2, 0.25) is 0 Å². The number of fused-ring (bicyclic) bond motifs is 1. The molecule has 2 aromatic rings. The standard InChI is InChI=1S/C18H19FN2O2/c19-15-7-4-13(5-8-15)17(22)11-20-18(23)21-16-9-6-12-2-1-3-14(12)10-16/h4-10,17,22H,1-3,11H2,(H2,20,21,23). The molecule has 3 N–H and O–H groups in total. The number of aliphatic hydroxyl groups is 1. The Morgan fingerprint density at radius 1 is 1.13 bits per heavy atom. The van der Waals surface area contributed by atoms with Crippen molar-refractivity contribution in [2.45, 2.75) is 25.4 Å². The van der Waals surface area contributed by atoms with E-state index < -0.39 is 6.10 Å². The number of halogens is 1. The third-order valence-corrected chi connectivity index (χ3v) is 4.07. The number of aliphatic hydroxyl groups excluding tert-OH is 1. The van der Waals surface area contributed by atoms with Gasteiger partial charge in [-0.05, 0) is 60.2 Å². The minimum atomic E-state index is -0.874. The maximum absolute atomic E-state index is 12.8. The number of carbonyl (C=O) groups is 1. The van der Waals surface area contributed by atoms with Crippen molar-refractivity contribution < 1.29 is 14.3 Å². The van der Waals surface area contributed by atoms with Crippen LogP contribution in [0, 0.1) is 5.82 Å². The van der Waals surface area contributed by atoms with Gasteiger partial charge in [-0.15, -0.1) is 0 Å². The van der Waals surface area contributed by atoms with E-state index in [1.165, 1.54) is 35.4 Å². The molecule has 1 atom stereocenters. The van der Waals surface area contributed by atoms with Crippen LogP contribution >= 0.6 is 0 Å². The number of hydrogen-bond acceptors (Lipinski definition) is 2. The molecule has 2 aromatic carbocycles. The van der Waals surface area contributed by atoms with Crippen LogP contribution in [0.25, 0.3) is 0 Å². The summed E-state index contributed by atoms with van der Waals surface area (Å²) in [6.45, 7) is 0.0579. The lowest BCUT2D eigenvalue weighted by molar-refractivity contribution is 0.175. The van der Waals surface area contributed by atoms with Gasteiger partial charge in [0.15, 0.2) is 0 Å². The summed E-state index contributed by atoms with van der Waals surface area (Å²) in [6.07, 6.45) is 2.44. The second-order valence-corrected chi connectivity index (χ2v) is 5.74. The van der Waals surface area contributed by atoms with E-state index in [-0.39, 0.29) is 18.4 Å². The van der Waals surface area contributed by atoms with Crippen molar-refractivity contribution >= 4 is 11.7 Å². The minimum absolute atomic E-state index is 0.0579. The summed E-state index contributed by atoms with van der Waals surface area (Å²) in [5.41, 5.74) is 3.94. The number of carbonyl (C=O) groups excluding carboxylic acids is 1. The monoisotopic (exact) mass is 314 g/mol. The molecule has 23 heavy (non-hydrogen) atoms. The molecule has 3 rings (SSSR count). The molecule has 1 aliphatic rings. The molecular weight excluding hydrogens is 295 g/mol. The van der Waals surface area contributed by atoms with Crippen LogP contribution in [-0.2, 0) is 12.8 Å². The van der Waals surface area contributed by atoms with Crippen molar-refractivity contribution in [3.8, 4) is 0 Å². The molecule has 2 amide bonds. The zero-order chi connectivity index (χ0) is 16.2. The Hall–Kier alpha value is -2.40. The fraction of sp³-hybridized carbons (Fsp3) is 0.278. The molecule has 0 radical (unpaired) electrons. The zero-order valence-electron chi connectivity index (χ0n) is 12.7. The first-order valence-corrected chi connectivity index (χ1v) is 7.72. The van der Waals surface area contributed by atoms with Crippen molar-refractivity contribution in [2.75, 3.05) is 11.9 Å². The fourth-order valence-electron chi connectivity index (χ4n) is 2.82. The molecule has 1 aliphatic carbocycles. The molecule has 120 valence electrons. The van der Waals surface area contributed by atoms with Gasteiger partial charge in [0.05, 0.1) is 6.10 Å². The van der Waals surface area contributed by atoms with Gasteiger partial charge in [-0.1, -0.05) is 18.2 Å². The average molecular weight is 314 g/mol. The summed E-state index contributed by atoms with van der Waals surface area (Å²) in [5, 5.41) is 15.4. The Kier molecular flexibility index (Phi) is 4.57. The van der Waals surface area contributed by atoms with Crippen LogP contribution in [-0.4, -0.2) is 17.7 Å². The number of aryl methyl sites for hydroxylation is 2. The highest BCUT2D eigenvalue weighted by molar-refractivity contribution is 5.89. The Morgan fingerprint density at radius 3 is 2.65 bits per heavy atom. The molecule has 0 aromatic heterocycles. The topological polar surface area (TPSA) is 61.4 Å². The molecule has 4 nitrogen and oxygen atoms in total. The highest BCUT2D eigenvalue weighted by Crippen LogP contribution is 2.24. The largest absolute Gasteiger partial charge is 0.387 e. The SMILES string of the molecule is O=C(NCC(O)c1ccc(F)cc1)Nc1ccc2c(c1)CCC2. The number of urea groups is 1. The molecule has 0 fully saturated rings. The molecule has 0 spiro atoms. The van der Waals surface area contributed by atoms with Gasteiger partial charge in [-0.2, -0.15) is 0 Å². The van der Waals surface area contributed by atoms with Crippen LogP contribution in [0.1, 0.15) is 29.2 Å². The normalized spacial score (nSPS) is 14.2. The number of amides is 2. The van der Waals surface area contributed by atoms with Crippen LogP contribution in [0.2, 0.25) is 0 Å². The van der Waals surface area contributed by atoms with Crippen molar-refractivity contribution in [3.05, 3.63) is 65.0 Å². The van der Waals surface area contributed by atoms with E-state index in [0.29, 0.717) is 5.56 Å². The number of anilines is 1. The van der Waals surface area contributed by atoms with Gasteiger partial charge in [0.1, 0.15) is 5.82 Å². The van der Waals surface area contributed by atoms with Crippen molar-refractivity contribution in [1.29, 1.82) is 0 Å². The Labute approximate surface area is 134 Å². The van der Waals surface area contributed by atoms with Gasteiger partial charge in [0, 0.05) is 12.2 Å². The minimum Gasteiger partial charge on any atom is -0.387 e. The van der Waals surface area contributed by atoms with Gasteiger partial charge >= 0.3 is 6.03 Å². The van der Waals surface area contributed by atoms with Crippen molar-refractivity contribution in [2.24, 2.45) is 0 Å². The number of benzene rings is 2. The summed E-state index contributed by atoms with van der Waals surface area (Å²) in [6, 6.07) is 11.1. The van der Waals surface area contributed by atoms with E-state index in [1.807, 2.05) is 18.2 Å². The first-order valence-electron chi connectivity index (χ1n) is 7.72. The Balaban J connectivity index is 1.52. The van der Waals surface area contributed by atoms with Crippen LogP contribution in [0.5, 0.6) is 0 Å². The van der Waals surface area contributed by atoms with Crippen LogP contribution < -0.4 is 10.6 Å². The molecule has 5 heteroatoms. The van der Waals surface area contributed by atoms with Gasteiger partial charge < -0.3 is 15.7 Å². The third kappa shape index (κ3) is 3.87. The second kappa shape index (κ2) is 6.79. The maximum atomic E-state index is 12.8. The lowest BCUT2D eigenvalue weighted by Gasteiger charge is -2.13. The number of nitrogens with one attached hydrogen (secondary N) is 2. The van der Waals surface area contributed by atoms with Crippen LogP contribution in [0.3, 0.4) is 0 Å². The molecule has 0 saturated carbocycles. The molecule has 0 heterocycles. The van der Waals surface area contributed by atoms with Gasteiger partial charge in [-0.3, -0.25) is 0 Å². The van der Waals surface area contributed by atoms with Crippen molar-refractivity contribution in [1.82, 2.24) is 5.32 Å². The van der Waals surface area contributed by atoms with E-state index in [2.05, 4.69) is 10.6 Å². The fourth-order valence-corrected chi connectivity index (χ4v) is 2.82. The summed E-state index contributed by atoms with van der Waals surface area (Å²) in [4.78, 5) is 11.9. The lowest BCUT2D eigenvalue weighted by atomic mass is 10.1. The molecule has 1 unspecified atom stereocenters. The van der Waals surface area contributed by atoms with E-state index in [9.17, 15) is 14.3 Å². The van der Waals surface area contributed by atoms with Crippen LogP contribution in [0.4, 0.5) is 14.9 Å². The summed E-state index contributed by atoms with van der Waals surface area (Å²) < 4.78 is 12.8. The molecule has 0 saturated heterocycles. The van der Waals surface area contributed by atoms with Crippen molar-refractivity contribution in [3.63, 3.8) is 0 Å². The van der Waals surface area contributed by atoms with E-state index in [1.54, 1.807) is 0 Å². The predicted octanol–water partition coefficient (Wildman–Crippen LogP) is 3.17. The molecule has 0 aliphatic heterocycles. The van der Waals surface area contributed by atoms with Gasteiger partial charge in [0.25, 0.3) is 0 Å². The predicted molar refractivity (Wildman–Crippen MR) is 86.8 cm³/mol. The first-order chi connectivity index (χ1) is 11.1. The first kappa shape index (κ1) is 15.5. The van der Waals surface area contributed by atoms with Gasteiger partial charge in [-0.25, -0.2) is 9.18 Å². The quantitative estimate of drug-likeness (QED) is 0.812. The zero-order valence-corrected chi connectivity index (χ0v) is 12.7. The number of rotatable bonds is 4. The van der Waals surface area contributed by atoms with E-state index >= 15 is 0 Å². The average Bonchev–Trinajstić information content (AvgIpc) is 3.01.